The summed E-state index contributed by atoms with van der Waals surface area (Å²) in [6.45, 7) is 4.38. The van der Waals surface area contributed by atoms with Gasteiger partial charge in [0, 0.05) is 31.4 Å². The summed E-state index contributed by atoms with van der Waals surface area (Å²) in [5.74, 6) is -0.369. The molecule has 4 rings (SSSR count). The molecule has 3 N–H and O–H groups in total. The summed E-state index contributed by atoms with van der Waals surface area (Å²) in [6.07, 6.45) is 3.68. The number of amides is 2. The van der Waals surface area contributed by atoms with Gasteiger partial charge in [0.1, 0.15) is 0 Å². The second-order valence-corrected chi connectivity index (χ2v) is 6.93. The van der Waals surface area contributed by atoms with Crippen molar-refractivity contribution in [1.82, 2.24) is 20.0 Å². The SMILES string of the molecule is NC(=O)c1n[nH]c2ccc3c(c12)CN(CCN1CCCC1)C(=O)CC3. The Kier molecular flexibility index (Phi) is 4.17. The Balaban J connectivity index is 1.66. The Hall–Kier alpha value is -2.41. The fourth-order valence-corrected chi connectivity index (χ4v) is 3.97. The maximum atomic E-state index is 12.6. The highest BCUT2D eigenvalue weighted by Gasteiger charge is 2.25. The third-order valence-electron chi connectivity index (χ3n) is 5.36. The van der Waals surface area contributed by atoms with Gasteiger partial charge >= 0.3 is 0 Å². The van der Waals surface area contributed by atoms with Gasteiger partial charge in [-0.1, -0.05) is 6.07 Å². The Morgan fingerprint density at radius 2 is 2.00 bits per heavy atom. The fraction of sp³-hybridized carbons (Fsp3) is 0.500. The van der Waals surface area contributed by atoms with Gasteiger partial charge in [0.05, 0.1) is 5.52 Å². The number of nitrogens with two attached hydrogens (primary N) is 1. The van der Waals surface area contributed by atoms with Crippen LogP contribution in [0, 0.1) is 0 Å². The van der Waals surface area contributed by atoms with Gasteiger partial charge in [0.15, 0.2) is 5.69 Å². The van der Waals surface area contributed by atoms with Gasteiger partial charge in [-0.2, -0.15) is 5.10 Å². The Labute approximate surface area is 146 Å². The second-order valence-electron chi connectivity index (χ2n) is 6.93. The van der Waals surface area contributed by atoms with Crippen molar-refractivity contribution < 1.29 is 9.59 Å². The summed E-state index contributed by atoms with van der Waals surface area (Å²) in [5, 5.41) is 7.73. The smallest absolute Gasteiger partial charge is 0.269 e. The number of fused-ring (bicyclic) bond motifs is 3. The molecule has 3 heterocycles. The van der Waals surface area contributed by atoms with E-state index in [1.54, 1.807) is 0 Å². The van der Waals surface area contributed by atoms with E-state index in [-0.39, 0.29) is 11.6 Å². The average molecular weight is 341 g/mol. The molecule has 7 heteroatoms. The van der Waals surface area contributed by atoms with Crippen molar-refractivity contribution >= 4 is 22.7 Å². The number of benzene rings is 1. The Bertz CT molecular complexity index is 822. The van der Waals surface area contributed by atoms with E-state index in [4.69, 9.17) is 5.73 Å². The van der Waals surface area contributed by atoms with E-state index in [0.29, 0.717) is 19.4 Å². The van der Waals surface area contributed by atoms with Crippen LogP contribution in [0.5, 0.6) is 0 Å². The van der Waals surface area contributed by atoms with Gasteiger partial charge in [0.25, 0.3) is 5.91 Å². The first-order chi connectivity index (χ1) is 12.1. The number of aromatic amines is 1. The summed E-state index contributed by atoms with van der Waals surface area (Å²) in [4.78, 5) is 28.6. The number of hydrogen-bond acceptors (Lipinski definition) is 4. The minimum atomic E-state index is -0.543. The van der Waals surface area contributed by atoms with E-state index in [9.17, 15) is 9.59 Å². The number of H-pyrrole nitrogens is 1. The van der Waals surface area contributed by atoms with E-state index >= 15 is 0 Å². The third-order valence-corrected chi connectivity index (χ3v) is 5.36. The number of rotatable bonds is 4. The average Bonchev–Trinajstić information content (AvgIpc) is 3.23. The summed E-state index contributed by atoms with van der Waals surface area (Å²) < 4.78 is 0. The first kappa shape index (κ1) is 16.1. The third kappa shape index (κ3) is 3.00. The van der Waals surface area contributed by atoms with Crippen molar-refractivity contribution in [2.45, 2.75) is 32.2 Å². The maximum absolute atomic E-state index is 12.6. The topological polar surface area (TPSA) is 95.3 Å². The highest BCUT2D eigenvalue weighted by molar-refractivity contribution is 6.05. The van der Waals surface area contributed by atoms with Crippen LogP contribution in [0.3, 0.4) is 0 Å². The molecule has 1 saturated heterocycles. The highest BCUT2D eigenvalue weighted by atomic mass is 16.2. The zero-order valence-corrected chi connectivity index (χ0v) is 14.3. The van der Waals surface area contributed by atoms with Crippen molar-refractivity contribution in [3.8, 4) is 0 Å². The number of primary amides is 1. The van der Waals surface area contributed by atoms with Gasteiger partial charge in [-0.15, -0.1) is 0 Å². The molecule has 1 aromatic heterocycles. The van der Waals surface area contributed by atoms with Crippen molar-refractivity contribution in [2.75, 3.05) is 26.2 Å². The van der Waals surface area contributed by atoms with Gasteiger partial charge in [0.2, 0.25) is 5.91 Å². The number of carbonyl (C=O) groups is 2. The molecule has 2 aromatic rings. The number of hydrogen-bond donors (Lipinski definition) is 2. The molecule has 0 aliphatic carbocycles. The lowest BCUT2D eigenvalue weighted by Crippen LogP contribution is -2.36. The molecule has 0 unspecified atom stereocenters. The van der Waals surface area contributed by atoms with Gasteiger partial charge in [-0.3, -0.25) is 14.7 Å². The van der Waals surface area contributed by atoms with Crippen LogP contribution in [0.2, 0.25) is 0 Å². The summed E-state index contributed by atoms with van der Waals surface area (Å²) in [5.41, 5.74) is 8.66. The molecule has 2 aliphatic heterocycles. The molecule has 1 fully saturated rings. The largest absolute Gasteiger partial charge is 0.364 e. The highest BCUT2D eigenvalue weighted by Crippen LogP contribution is 2.29. The number of likely N-dealkylation sites (tertiary alicyclic amines) is 1. The van der Waals surface area contributed by atoms with E-state index in [1.807, 2.05) is 17.0 Å². The number of nitrogens with one attached hydrogen (secondary N) is 1. The predicted molar refractivity (Wildman–Crippen MR) is 94.0 cm³/mol. The molecule has 1 aromatic carbocycles. The molecule has 0 saturated carbocycles. The van der Waals surface area contributed by atoms with E-state index in [2.05, 4.69) is 15.1 Å². The van der Waals surface area contributed by atoms with Crippen molar-refractivity contribution in [2.24, 2.45) is 5.73 Å². The Morgan fingerprint density at radius 3 is 2.76 bits per heavy atom. The van der Waals surface area contributed by atoms with Crippen LogP contribution in [0.1, 0.15) is 40.9 Å². The first-order valence-electron chi connectivity index (χ1n) is 8.92. The molecule has 0 spiro atoms. The van der Waals surface area contributed by atoms with Crippen LogP contribution < -0.4 is 5.73 Å². The molecule has 25 heavy (non-hydrogen) atoms. The molecule has 7 nitrogen and oxygen atoms in total. The minimum Gasteiger partial charge on any atom is -0.364 e. The lowest BCUT2D eigenvalue weighted by atomic mass is 9.98. The molecule has 2 aliphatic rings. The van der Waals surface area contributed by atoms with Crippen LogP contribution in [-0.4, -0.2) is 58.0 Å². The standard InChI is InChI=1S/C18H23N5O2/c19-18(25)17-16-13-11-23(10-9-22-7-1-2-8-22)15(24)6-4-12(13)3-5-14(16)20-21-17/h3,5H,1-2,4,6-11H2,(H2,19,25)(H,20,21). The molecule has 0 bridgehead atoms. The van der Waals surface area contributed by atoms with Gasteiger partial charge in [-0.25, -0.2) is 0 Å². The molecule has 0 atom stereocenters. The molecule has 0 radical (unpaired) electrons. The summed E-state index contributed by atoms with van der Waals surface area (Å²) >= 11 is 0. The molecule has 2 amide bonds. The monoisotopic (exact) mass is 341 g/mol. The van der Waals surface area contributed by atoms with Crippen LogP contribution in [0.15, 0.2) is 12.1 Å². The zero-order chi connectivity index (χ0) is 17.4. The van der Waals surface area contributed by atoms with E-state index in [0.717, 1.165) is 48.2 Å². The normalized spacial score (nSPS) is 18.6. The maximum Gasteiger partial charge on any atom is 0.269 e. The lowest BCUT2D eigenvalue weighted by molar-refractivity contribution is -0.131. The predicted octanol–water partition coefficient (Wildman–Crippen LogP) is 1.03. The molecule has 132 valence electrons. The zero-order valence-electron chi connectivity index (χ0n) is 14.3. The summed E-state index contributed by atoms with van der Waals surface area (Å²) in [6, 6.07) is 3.94. The van der Waals surface area contributed by atoms with Gasteiger partial charge in [-0.05, 0) is 49.5 Å². The van der Waals surface area contributed by atoms with Crippen LogP contribution in [-0.2, 0) is 17.8 Å². The Morgan fingerprint density at radius 1 is 1.20 bits per heavy atom. The number of aromatic nitrogens is 2. The lowest BCUT2D eigenvalue weighted by Gasteiger charge is -2.24. The fourth-order valence-electron chi connectivity index (χ4n) is 3.97. The van der Waals surface area contributed by atoms with Crippen molar-refractivity contribution in [1.29, 1.82) is 0 Å². The molecular weight excluding hydrogens is 318 g/mol. The van der Waals surface area contributed by atoms with Crippen molar-refractivity contribution in [3.63, 3.8) is 0 Å². The summed E-state index contributed by atoms with van der Waals surface area (Å²) in [7, 11) is 0. The first-order valence-corrected chi connectivity index (χ1v) is 8.92. The van der Waals surface area contributed by atoms with Crippen LogP contribution in [0.4, 0.5) is 0 Å². The van der Waals surface area contributed by atoms with Crippen LogP contribution in [0.25, 0.3) is 10.9 Å². The minimum absolute atomic E-state index is 0.174. The van der Waals surface area contributed by atoms with Crippen LogP contribution >= 0.6 is 0 Å². The number of aryl methyl sites for hydroxylation is 1. The number of nitrogens with zero attached hydrogens (tertiary/aromatic N) is 3. The quantitative estimate of drug-likeness (QED) is 0.868. The van der Waals surface area contributed by atoms with E-state index < -0.39 is 5.91 Å². The van der Waals surface area contributed by atoms with E-state index in [1.165, 1.54) is 12.8 Å². The van der Waals surface area contributed by atoms with Gasteiger partial charge < -0.3 is 15.5 Å². The number of carbonyl (C=O) groups excluding carboxylic acids is 2. The second kappa shape index (κ2) is 6.48. The van der Waals surface area contributed by atoms with Crippen molar-refractivity contribution in [3.05, 3.63) is 29.0 Å². The molecular formula is C18H23N5O2.